The minimum absolute atomic E-state index is 0.116. The van der Waals surface area contributed by atoms with Crippen molar-refractivity contribution in [1.29, 1.82) is 0 Å². The van der Waals surface area contributed by atoms with E-state index in [4.69, 9.17) is 4.74 Å². The van der Waals surface area contributed by atoms with Gasteiger partial charge in [-0.05, 0) is 60.9 Å². The van der Waals surface area contributed by atoms with Gasteiger partial charge in [0.2, 0.25) is 0 Å². The normalized spacial score (nSPS) is 13.4. The number of carbonyl (C=O) groups excluding carboxylic acids is 2. The Labute approximate surface area is 219 Å². The highest BCUT2D eigenvalue weighted by molar-refractivity contribution is 7.22. The van der Waals surface area contributed by atoms with Crippen LogP contribution in [0, 0.1) is 0 Å². The number of urea groups is 1. The van der Waals surface area contributed by atoms with E-state index in [0.717, 1.165) is 34.4 Å². The lowest BCUT2D eigenvalue weighted by Crippen LogP contribution is -2.48. The molecule has 0 atom stereocenters. The Balaban J connectivity index is 1.23. The highest BCUT2D eigenvalue weighted by Crippen LogP contribution is 2.28. The Hall–Kier alpha value is -3.95. The third-order valence-electron chi connectivity index (χ3n) is 6.13. The average Bonchev–Trinajstić information content (AvgIpc) is 3.33. The van der Waals surface area contributed by atoms with Crippen molar-refractivity contribution in [3.05, 3.63) is 83.4 Å². The summed E-state index contributed by atoms with van der Waals surface area (Å²) in [4.78, 5) is 31.6. The van der Waals surface area contributed by atoms with E-state index in [9.17, 15) is 9.59 Å². The summed E-state index contributed by atoms with van der Waals surface area (Å²) in [6, 6.07) is 21.1. The Morgan fingerprint density at radius 1 is 1.00 bits per heavy atom. The van der Waals surface area contributed by atoms with Crippen molar-refractivity contribution in [3.63, 3.8) is 0 Å². The number of ether oxygens (including phenoxy) is 1. The molecule has 190 valence electrons. The van der Waals surface area contributed by atoms with Gasteiger partial charge in [-0.1, -0.05) is 41.7 Å². The SMILES string of the molecule is CCOc1cc(Cc2ccc(C(=O)Nc3nc4ccccc4s3)cc2)ccc1NC(=O)N1CCNCC1. The fraction of sp³-hybridized carbons (Fsp3) is 0.250. The van der Waals surface area contributed by atoms with Crippen molar-refractivity contribution in [3.8, 4) is 5.75 Å². The van der Waals surface area contributed by atoms with Crippen LogP contribution in [0.3, 0.4) is 0 Å². The van der Waals surface area contributed by atoms with Gasteiger partial charge in [0.1, 0.15) is 5.75 Å². The van der Waals surface area contributed by atoms with Crippen molar-refractivity contribution < 1.29 is 14.3 Å². The Morgan fingerprint density at radius 3 is 2.51 bits per heavy atom. The van der Waals surface area contributed by atoms with Crippen LogP contribution < -0.4 is 20.7 Å². The summed E-state index contributed by atoms with van der Waals surface area (Å²) in [5.41, 5.74) is 4.23. The molecule has 37 heavy (non-hydrogen) atoms. The number of hydrogen-bond donors (Lipinski definition) is 3. The summed E-state index contributed by atoms with van der Waals surface area (Å²) in [5, 5.41) is 9.72. The average molecular weight is 516 g/mol. The first-order valence-electron chi connectivity index (χ1n) is 12.4. The molecule has 3 aromatic carbocycles. The van der Waals surface area contributed by atoms with E-state index in [2.05, 4.69) is 20.9 Å². The van der Waals surface area contributed by atoms with Crippen LogP contribution in [0.4, 0.5) is 15.6 Å². The van der Waals surface area contributed by atoms with Crippen molar-refractivity contribution in [2.24, 2.45) is 0 Å². The van der Waals surface area contributed by atoms with E-state index in [-0.39, 0.29) is 11.9 Å². The molecule has 4 aromatic rings. The van der Waals surface area contributed by atoms with Gasteiger partial charge in [-0.15, -0.1) is 0 Å². The maximum absolute atomic E-state index is 12.7. The molecule has 3 N–H and O–H groups in total. The number of hydrogen-bond acceptors (Lipinski definition) is 6. The van der Waals surface area contributed by atoms with Gasteiger partial charge in [-0.2, -0.15) is 0 Å². The van der Waals surface area contributed by atoms with Crippen LogP contribution in [0.25, 0.3) is 10.2 Å². The predicted octanol–water partition coefficient (Wildman–Crippen LogP) is 4.98. The molecule has 1 saturated heterocycles. The van der Waals surface area contributed by atoms with E-state index in [1.165, 1.54) is 11.3 Å². The second-order valence-corrected chi connectivity index (χ2v) is 9.78. The lowest BCUT2D eigenvalue weighted by Gasteiger charge is -2.27. The number of anilines is 2. The standard InChI is InChI=1S/C28H29N5O3S/c1-2-36-24-18-20(9-12-22(24)31-28(35)33-15-13-29-14-16-33)17-19-7-10-21(11-8-19)26(34)32-27-30-23-5-3-4-6-25(23)37-27/h3-12,18,29H,2,13-17H2,1H3,(H,31,35)(H,30,32,34). The third kappa shape index (κ3) is 6.07. The van der Waals surface area contributed by atoms with Gasteiger partial charge in [-0.3, -0.25) is 10.1 Å². The van der Waals surface area contributed by atoms with E-state index >= 15 is 0 Å². The molecule has 0 spiro atoms. The van der Waals surface area contributed by atoms with Crippen LogP contribution in [0.2, 0.25) is 0 Å². The number of carbonyl (C=O) groups is 2. The molecule has 1 fully saturated rings. The first kappa shape index (κ1) is 24.7. The molecule has 0 aliphatic carbocycles. The number of aromatic nitrogens is 1. The van der Waals surface area contributed by atoms with Gasteiger partial charge in [0, 0.05) is 31.7 Å². The van der Waals surface area contributed by atoms with Crippen molar-refractivity contribution in [2.75, 3.05) is 43.4 Å². The zero-order valence-electron chi connectivity index (χ0n) is 20.6. The van der Waals surface area contributed by atoms with Crippen LogP contribution in [-0.4, -0.2) is 54.6 Å². The van der Waals surface area contributed by atoms with Crippen LogP contribution in [0.1, 0.15) is 28.4 Å². The molecule has 3 amide bonds. The first-order valence-corrected chi connectivity index (χ1v) is 13.2. The van der Waals surface area contributed by atoms with E-state index in [1.54, 1.807) is 4.90 Å². The number of thiazole rings is 1. The van der Waals surface area contributed by atoms with Gasteiger partial charge in [-0.25, -0.2) is 9.78 Å². The molecule has 1 aromatic heterocycles. The molecule has 0 unspecified atom stereocenters. The number of nitrogens with zero attached hydrogens (tertiary/aromatic N) is 2. The molecule has 1 aliphatic rings. The highest BCUT2D eigenvalue weighted by Gasteiger charge is 2.18. The smallest absolute Gasteiger partial charge is 0.322 e. The monoisotopic (exact) mass is 515 g/mol. The van der Waals surface area contributed by atoms with Crippen LogP contribution >= 0.6 is 11.3 Å². The number of piperazine rings is 1. The highest BCUT2D eigenvalue weighted by atomic mass is 32.1. The number of nitrogens with one attached hydrogen (secondary N) is 3. The first-order chi connectivity index (χ1) is 18.1. The molecule has 2 heterocycles. The zero-order valence-corrected chi connectivity index (χ0v) is 21.4. The fourth-order valence-electron chi connectivity index (χ4n) is 4.22. The summed E-state index contributed by atoms with van der Waals surface area (Å²) in [6.45, 7) is 5.39. The Morgan fingerprint density at radius 2 is 1.76 bits per heavy atom. The molecule has 8 nitrogen and oxygen atoms in total. The van der Waals surface area contributed by atoms with E-state index < -0.39 is 0 Å². The number of rotatable bonds is 7. The van der Waals surface area contributed by atoms with Gasteiger partial charge in [0.05, 0.1) is 22.5 Å². The van der Waals surface area contributed by atoms with Crippen molar-refractivity contribution in [2.45, 2.75) is 13.3 Å². The summed E-state index contributed by atoms with van der Waals surface area (Å²) in [6.07, 6.45) is 0.672. The largest absolute Gasteiger partial charge is 0.492 e. The predicted molar refractivity (Wildman–Crippen MR) is 148 cm³/mol. The van der Waals surface area contributed by atoms with Gasteiger partial charge >= 0.3 is 6.03 Å². The third-order valence-corrected chi connectivity index (χ3v) is 7.08. The Bertz CT molecular complexity index is 1360. The Kier molecular flexibility index (Phi) is 7.62. The molecule has 0 saturated carbocycles. The quantitative estimate of drug-likeness (QED) is 0.323. The van der Waals surface area contributed by atoms with E-state index in [1.807, 2.05) is 73.7 Å². The number of benzene rings is 3. The van der Waals surface area contributed by atoms with Crippen LogP contribution in [-0.2, 0) is 6.42 Å². The minimum Gasteiger partial charge on any atom is -0.492 e. The van der Waals surface area contributed by atoms with Crippen LogP contribution in [0.5, 0.6) is 5.75 Å². The summed E-state index contributed by atoms with van der Waals surface area (Å²) < 4.78 is 6.87. The van der Waals surface area contributed by atoms with Crippen LogP contribution in [0.15, 0.2) is 66.7 Å². The molecular formula is C28H29N5O3S. The van der Waals surface area contributed by atoms with Crippen molar-refractivity contribution in [1.82, 2.24) is 15.2 Å². The maximum atomic E-state index is 12.7. The van der Waals surface area contributed by atoms with Gasteiger partial charge < -0.3 is 20.3 Å². The molecule has 5 rings (SSSR count). The molecular weight excluding hydrogens is 486 g/mol. The molecule has 0 bridgehead atoms. The molecule has 9 heteroatoms. The summed E-state index contributed by atoms with van der Waals surface area (Å²) in [5.74, 6) is 0.462. The summed E-state index contributed by atoms with van der Waals surface area (Å²) >= 11 is 1.46. The number of fused-ring (bicyclic) bond motifs is 1. The summed E-state index contributed by atoms with van der Waals surface area (Å²) in [7, 11) is 0. The van der Waals surface area contributed by atoms with Crippen molar-refractivity contribution >= 4 is 44.3 Å². The lowest BCUT2D eigenvalue weighted by molar-refractivity contribution is 0.102. The molecule has 1 aliphatic heterocycles. The van der Waals surface area contributed by atoms with Gasteiger partial charge in [0.25, 0.3) is 5.91 Å². The number of para-hydroxylation sites is 1. The topological polar surface area (TPSA) is 95.6 Å². The second-order valence-electron chi connectivity index (χ2n) is 8.75. The minimum atomic E-state index is -0.186. The maximum Gasteiger partial charge on any atom is 0.322 e. The second kappa shape index (κ2) is 11.4. The molecule has 0 radical (unpaired) electrons. The van der Waals surface area contributed by atoms with E-state index in [0.29, 0.717) is 48.2 Å². The number of amides is 3. The zero-order chi connectivity index (χ0) is 25.6. The lowest BCUT2D eigenvalue weighted by atomic mass is 10.0. The fourth-order valence-corrected chi connectivity index (χ4v) is 5.08. The van der Waals surface area contributed by atoms with Gasteiger partial charge in [0.15, 0.2) is 5.13 Å².